The van der Waals surface area contributed by atoms with Crippen LogP contribution < -0.4 is 5.32 Å². The molecule has 1 N–H and O–H groups in total. The fourth-order valence-electron chi connectivity index (χ4n) is 2.21. The summed E-state index contributed by atoms with van der Waals surface area (Å²) in [4.78, 5) is 26.6. The van der Waals surface area contributed by atoms with Crippen LogP contribution in [0.25, 0.3) is 10.1 Å². The molecule has 8 heteroatoms. The highest BCUT2D eigenvalue weighted by atomic mass is 32.1. The van der Waals surface area contributed by atoms with Gasteiger partial charge in [-0.2, -0.15) is 4.37 Å². The molecule has 0 fully saturated rings. The number of nitrogens with zero attached hydrogens (tertiary/aromatic N) is 2. The van der Waals surface area contributed by atoms with Gasteiger partial charge in [0.05, 0.1) is 11.1 Å². The van der Waals surface area contributed by atoms with Gasteiger partial charge in [0, 0.05) is 17.3 Å². The Kier molecular flexibility index (Phi) is 4.66. The lowest BCUT2D eigenvalue weighted by molar-refractivity contribution is -0.763. The first-order valence-corrected chi connectivity index (χ1v) is 7.87. The van der Waals surface area contributed by atoms with Crippen LogP contribution in [0.1, 0.15) is 11.1 Å². The van der Waals surface area contributed by atoms with Crippen molar-refractivity contribution in [3.8, 4) is 0 Å². The Hall–Kier alpha value is -3.00. The third-order valence-electron chi connectivity index (χ3n) is 3.36. The van der Waals surface area contributed by atoms with E-state index in [-0.39, 0.29) is 18.9 Å². The lowest BCUT2D eigenvalue weighted by atomic mass is 10.1. The second-order valence-corrected chi connectivity index (χ2v) is 5.95. The summed E-state index contributed by atoms with van der Waals surface area (Å²) >= 11 is 1.38. The Labute approximate surface area is 141 Å². The molecule has 0 aliphatic carbocycles. The molecule has 0 radical (unpaired) electrons. The molecule has 3 aromatic rings. The predicted octanol–water partition coefficient (Wildman–Crippen LogP) is 3.19. The number of anilines is 1. The van der Waals surface area contributed by atoms with Crippen LogP contribution >= 0.6 is 11.5 Å². The van der Waals surface area contributed by atoms with Gasteiger partial charge in [-0.3, -0.25) is 4.79 Å². The Morgan fingerprint density at radius 2 is 1.96 bits per heavy atom. The zero-order chi connectivity index (χ0) is 16.9. The number of carbonyl (C=O) groups is 1. The molecule has 3 rings (SSSR count). The fourth-order valence-corrected chi connectivity index (χ4v) is 2.89. The van der Waals surface area contributed by atoms with E-state index in [1.54, 1.807) is 30.5 Å². The van der Waals surface area contributed by atoms with Gasteiger partial charge in [0.15, 0.2) is 0 Å². The number of carbonyl (C=O) groups excluding carboxylic acids is 1. The van der Waals surface area contributed by atoms with Crippen LogP contribution in [0.3, 0.4) is 0 Å². The van der Waals surface area contributed by atoms with Crippen molar-refractivity contribution < 1.29 is 14.7 Å². The highest BCUT2D eigenvalue weighted by Crippen LogP contribution is 2.22. The maximum absolute atomic E-state index is 12.1. The number of hydrogen-bond acceptors (Lipinski definition) is 6. The van der Waals surface area contributed by atoms with Crippen LogP contribution in [0, 0.1) is 10.1 Å². The minimum atomic E-state index is -0.832. The van der Waals surface area contributed by atoms with E-state index in [4.69, 9.17) is 0 Å². The molecule has 1 heterocycles. The average molecular weight is 343 g/mol. The maximum atomic E-state index is 12.1. The first-order chi connectivity index (χ1) is 11.6. The number of hydrogen-bond donors (Lipinski definition) is 1. The van der Waals surface area contributed by atoms with E-state index in [1.807, 2.05) is 18.2 Å². The Bertz CT molecular complexity index is 876. The number of rotatable bonds is 6. The zero-order valence-corrected chi connectivity index (χ0v) is 13.3. The van der Waals surface area contributed by atoms with E-state index < -0.39 is 5.09 Å². The summed E-state index contributed by atoms with van der Waals surface area (Å²) in [5.41, 5.74) is 2.22. The molecule has 0 atom stereocenters. The van der Waals surface area contributed by atoms with Gasteiger partial charge in [-0.15, -0.1) is 10.1 Å². The molecule has 24 heavy (non-hydrogen) atoms. The van der Waals surface area contributed by atoms with Crippen molar-refractivity contribution >= 4 is 33.2 Å². The van der Waals surface area contributed by atoms with Crippen molar-refractivity contribution in [3.05, 3.63) is 69.9 Å². The molecule has 0 unspecified atom stereocenters. The number of fused-ring (bicyclic) bond motifs is 1. The van der Waals surface area contributed by atoms with Gasteiger partial charge in [0.25, 0.3) is 5.09 Å². The average Bonchev–Trinajstić information content (AvgIpc) is 3.01. The number of aromatic nitrogens is 1. The van der Waals surface area contributed by atoms with E-state index >= 15 is 0 Å². The van der Waals surface area contributed by atoms with E-state index in [2.05, 4.69) is 14.5 Å². The molecule has 1 aromatic heterocycles. The van der Waals surface area contributed by atoms with Gasteiger partial charge < -0.3 is 10.2 Å². The first-order valence-electron chi connectivity index (χ1n) is 7.09. The standard InChI is InChI=1S/C16H13N3O4S/c20-16(18-14-6-5-13-9-17-24-15(13)8-14)7-11-1-3-12(4-2-11)10-23-19(21)22/h1-6,8-9H,7,10H2,(H,18,20). The van der Waals surface area contributed by atoms with Crippen LogP contribution in [0.2, 0.25) is 0 Å². The van der Waals surface area contributed by atoms with E-state index in [0.717, 1.165) is 21.3 Å². The highest BCUT2D eigenvalue weighted by molar-refractivity contribution is 7.13. The molecule has 0 aliphatic heterocycles. The molecule has 1 amide bonds. The van der Waals surface area contributed by atoms with E-state index in [0.29, 0.717) is 5.56 Å². The summed E-state index contributed by atoms with van der Waals surface area (Å²) in [6.45, 7) is -0.103. The normalized spacial score (nSPS) is 10.5. The Morgan fingerprint density at radius 3 is 2.71 bits per heavy atom. The number of amides is 1. The van der Waals surface area contributed by atoms with Crippen LogP contribution in [0.4, 0.5) is 5.69 Å². The highest BCUT2D eigenvalue weighted by Gasteiger charge is 2.06. The molecular formula is C16H13N3O4S. The van der Waals surface area contributed by atoms with Crippen molar-refractivity contribution in [1.29, 1.82) is 0 Å². The molecule has 7 nitrogen and oxygen atoms in total. The van der Waals surface area contributed by atoms with E-state index in [1.165, 1.54) is 11.5 Å². The lowest BCUT2D eigenvalue weighted by Crippen LogP contribution is -2.14. The van der Waals surface area contributed by atoms with Gasteiger partial charge in [-0.25, -0.2) is 0 Å². The number of benzene rings is 2. The van der Waals surface area contributed by atoms with Crippen molar-refractivity contribution in [2.75, 3.05) is 5.32 Å². The molecule has 2 aromatic carbocycles. The summed E-state index contributed by atoms with van der Waals surface area (Å²) in [6, 6.07) is 12.6. The molecule has 0 saturated heterocycles. The molecular weight excluding hydrogens is 330 g/mol. The van der Waals surface area contributed by atoms with E-state index in [9.17, 15) is 14.9 Å². The second kappa shape index (κ2) is 7.05. The summed E-state index contributed by atoms with van der Waals surface area (Å²) in [5, 5.41) is 13.2. The van der Waals surface area contributed by atoms with Crippen LogP contribution in [0.15, 0.2) is 48.7 Å². The van der Waals surface area contributed by atoms with Crippen molar-refractivity contribution in [1.82, 2.24) is 4.37 Å². The third kappa shape index (κ3) is 4.05. The van der Waals surface area contributed by atoms with Gasteiger partial charge in [-0.05, 0) is 40.9 Å². The van der Waals surface area contributed by atoms with Crippen LogP contribution in [-0.2, 0) is 22.7 Å². The third-order valence-corrected chi connectivity index (χ3v) is 4.13. The molecule has 122 valence electrons. The minimum Gasteiger partial charge on any atom is -0.326 e. The van der Waals surface area contributed by atoms with Gasteiger partial charge in [-0.1, -0.05) is 24.3 Å². The number of nitrogens with one attached hydrogen (secondary N) is 1. The quantitative estimate of drug-likeness (QED) is 0.548. The summed E-state index contributed by atoms with van der Waals surface area (Å²) in [7, 11) is 0. The van der Waals surface area contributed by atoms with Gasteiger partial charge >= 0.3 is 0 Å². The van der Waals surface area contributed by atoms with Crippen LogP contribution in [-0.4, -0.2) is 15.4 Å². The summed E-state index contributed by atoms with van der Waals surface area (Å²) in [6.07, 6.45) is 2.01. The molecule has 0 bridgehead atoms. The van der Waals surface area contributed by atoms with Gasteiger partial charge in [0.2, 0.25) is 5.91 Å². The second-order valence-electron chi connectivity index (χ2n) is 5.12. The first kappa shape index (κ1) is 15.9. The Balaban J connectivity index is 1.58. The topological polar surface area (TPSA) is 94.4 Å². The van der Waals surface area contributed by atoms with Crippen LogP contribution in [0.5, 0.6) is 0 Å². The van der Waals surface area contributed by atoms with Crippen molar-refractivity contribution in [2.24, 2.45) is 0 Å². The zero-order valence-electron chi connectivity index (χ0n) is 12.5. The fraction of sp³-hybridized carbons (Fsp3) is 0.125. The lowest BCUT2D eigenvalue weighted by Gasteiger charge is -2.06. The SMILES string of the molecule is O=C(Cc1ccc(CO[N+](=O)[O-])cc1)Nc1ccc2cnsc2c1. The predicted molar refractivity (Wildman–Crippen MR) is 90.2 cm³/mol. The van der Waals surface area contributed by atoms with Crippen molar-refractivity contribution in [3.63, 3.8) is 0 Å². The summed E-state index contributed by atoms with van der Waals surface area (Å²) in [5.74, 6) is -0.131. The van der Waals surface area contributed by atoms with Crippen molar-refractivity contribution in [2.45, 2.75) is 13.0 Å². The van der Waals surface area contributed by atoms with Gasteiger partial charge in [0.1, 0.15) is 6.61 Å². The Morgan fingerprint density at radius 1 is 1.21 bits per heavy atom. The smallest absolute Gasteiger partial charge is 0.294 e. The summed E-state index contributed by atoms with van der Waals surface area (Å²) < 4.78 is 5.12. The molecule has 0 saturated carbocycles. The molecule has 0 spiro atoms. The minimum absolute atomic E-state index is 0.103. The maximum Gasteiger partial charge on any atom is 0.294 e. The molecule has 0 aliphatic rings. The monoisotopic (exact) mass is 343 g/mol. The largest absolute Gasteiger partial charge is 0.326 e.